The van der Waals surface area contributed by atoms with E-state index in [9.17, 15) is 4.79 Å². The molecule has 1 fully saturated rings. The molecule has 0 amide bonds. The predicted octanol–water partition coefficient (Wildman–Crippen LogP) is 4.75. The number of aromatic nitrogens is 1. The third kappa shape index (κ3) is 3.65. The summed E-state index contributed by atoms with van der Waals surface area (Å²) in [4.78, 5) is 17.9. The van der Waals surface area contributed by atoms with Crippen LogP contribution in [0, 0.1) is 0 Å². The zero-order valence-electron chi connectivity index (χ0n) is 14.3. The molecule has 5 heteroatoms. The average Bonchev–Trinajstić information content (AvgIpc) is 2.69. The summed E-state index contributed by atoms with van der Waals surface area (Å²) in [5.41, 5.74) is 1.58. The molecule has 1 aromatic heterocycles. The first kappa shape index (κ1) is 16.9. The first-order chi connectivity index (χ1) is 12.7. The van der Waals surface area contributed by atoms with Crippen molar-refractivity contribution in [1.29, 1.82) is 0 Å². The van der Waals surface area contributed by atoms with Crippen LogP contribution in [0.4, 0.5) is 5.82 Å². The normalized spacial score (nSPS) is 15.2. The van der Waals surface area contributed by atoms with Crippen LogP contribution in [-0.2, 0) is 0 Å². The van der Waals surface area contributed by atoms with E-state index in [1.165, 1.54) is 0 Å². The van der Waals surface area contributed by atoms with Crippen LogP contribution in [0.15, 0.2) is 54.6 Å². The van der Waals surface area contributed by atoms with Gasteiger partial charge in [0.15, 0.2) is 0 Å². The second-order valence-electron chi connectivity index (χ2n) is 6.50. The highest BCUT2D eigenvalue weighted by Crippen LogP contribution is 2.25. The summed E-state index contributed by atoms with van der Waals surface area (Å²) >= 11 is 5.91. The van der Waals surface area contributed by atoms with Crippen LogP contribution in [-0.4, -0.2) is 30.5 Å². The number of halogens is 1. The molecule has 0 unspecified atom stereocenters. The van der Waals surface area contributed by atoms with Crippen molar-refractivity contribution in [2.45, 2.75) is 18.9 Å². The minimum Gasteiger partial charge on any atom is -0.490 e. The van der Waals surface area contributed by atoms with Gasteiger partial charge in [-0.15, -0.1) is 0 Å². The Bertz CT molecular complexity index is 919. The minimum atomic E-state index is 0.211. The molecule has 2 aromatic carbocycles. The molecule has 1 saturated heterocycles. The van der Waals surface area contributed by atoms with E-state index >= 15 is 0 Å². The largest absolute Gasteiger partial charge is 0.490 e. The van der Waals surface area contributed by atoms with Gasteiger partial charge in [0.25, 0.3) is 0 Å². The molecule has 132 valence electrons. The highest BCUT2D eigenvalue weighted by Gasteiger charge is 2.21. The first-order valence-corrected chi connectivity index (χ1v) is 9.12. The van der Waals surface area contributed by atoms with Crippen molar-refractivity contribution >= 4 is 34.6 Å². The van der Waals surface area contributed by atoms with E-state index in [1.54, 1.807) is 6.07 Å². The minimum absolute atomic E-state index is 0.211. The molecule has 0 bridgehead atoms. The fourth-order valence-electron chi connectivity index (χ4n) is 3.29. The number of hydrogen-bond acceptors (Lipinski definition) is 4. The van der Waals surface area contributed by atoms with Crippen molar-refractivity contribution in [2.75, 3.05) is 18.0 Å². The quantitative estimate of drug-likeness (QED) is 0.625. The standard InChI is InChI=1S/C21H19ClN2O2/c22-17-3-5-18(6-4-17)26-19-9-11-24(12-10-19)21-8-2-16-13-15(14-25)1-7-20(16)23-21/h1-8,13-14,19H,9-12H2. The van der Waals surface area contributed by atoms with Gasteiger partial charge in [0.2, 0.25) is 0 Å². The molecule has 0 atom stereocenters. The summed E-state index contributed by atoms with van der Waals surface area (Å²) in [7, 11) is 0. The van der Waals surface area contributed by atoms with Gasteiger partial charge in [-0.2, -0.15) is 0 Å². The van der Waals surface area contributed by atoms with E-state index in [4.69, 9.17) is 21.3 Å². The lowest BCUT2D eigenvalue weighted by atomic mass is 10.1. The number of piperidine rings is 1. The lowest BCUT2D eigenvalue weighted by Crippen LogP contribution is -2.38. The van der Waals surface area contributed by atoms with Crippen molar-refractivity contribution in [1.82, 2.24) is 4.98 Å². The molecule has 0 aliphatic carbocycles. The van der Waals surface area contributed by atoms with Gasteiger partial charge in [-0.1, -0.05) is 11.6 Å². The van der Waals surface area contributed by atoms with Crippen molar-refractivity contribution in [3.63, 3.8) is 0 Å². The van der Waals surface area contributed by atoms with Crippen LogP contribution in [0.25, 0.3) is 10.9 Å². The van der Waals surface area contributed by atoms with Crippen molar-refractivity contribution < 1.29 is 9.53 Å². The average molecular weight is 367 g/mol. The van der Waals surface area contributed by atoms with Crippen molar-refractivity contribution in [3.05, 3.63) is 65.2 Å². The van der Waals surface area contributed by atoms with Gasteiger partial charge < -0.3 is 9.64 Å². The van der Waals surface area contributed by atoms with Gasteiger partial charge >= 0.3 is 0 Å². The molecule has 0 spiro atoms. The highest BCUT2D eigenvalue weighted by molar-refractivity contribution is 6.30. The first-order valence-electron chi connectivity index (χ1n) is 8.74. The maximum atomic E-state index is 10.9. The summed E-state index contributed by atoms with van der Waals surface area (Å²) in [6.07, 6.45) is 2.97. The van der Waals surface area contributed by atoms with Crippen LogP contribution in [0.3, 0.4) is 0 Å². The third-order valence-corrected chi connectivity index (χ3v) is 4.97. The number of rotatable bonds is 4. The molecule has 4 nitrogen and oxygen atoms in total. The van der Waals surface area contributed by atoms with E-state index in [0.29, 0.717) is 5.56 Å². The summed E-state index contributed by atoms with van der Waals surface area (Å²) < 4.78 is 6.05. The second kappa shape index (κ2) is 7.34. The number of carbonyl (C=O) groups is 1. The highest BCUT2D eigenvalue weighted by atomic mass is 35.5. The SMILES string of the molecule is O=Cc1ccc2nc(N3CCC(Oc4ccc(Cl)cc4)CC3)ccc2c1. The number of anilines is 1. The van der Waals surface area contributed by atoms with E-state index in [0.717, 1.165) is 59.7 Å². The summed E-state index contributed by atoms with van der Waals surface area (Å²) in [6.45, 7) is 1.81. The maximum Gasteiger partial charge on any atom is 0.150 e. The second-order valence-corrected chi connectivity index (χ2v) is 6.93. The number of aldehydes is 1. The van der Waals surface area contributed by atoms with Gasteiger partial charge in [-0.05, 0) is 54.6 Å². The molecule has 1 aliphatic heterocycles. The number of fused-ring (bicyclic) bond motifs is 1. The summed E-state index contributed by atoms with van der Waals surface area (Å²) in [6, 6.07) is 17.1. The lowest BCUT2D eigenvalue weighted by Gasteiger charge is -2.33. The van der Waals surface area contributed by atoms with Crippen molar-refractivity contribution in [3.8, 4) is 5.75 Å². The molecule has 3 aromatic rings. The Morgan fingerprint density at radius 3 is 2.54 bits per heavy atom. The fourth-order valence-corrected chi connectivity index (χ4v) is 3.42. The Hall–Kier alpha value is -2.59. The monoisotopic (exact) mass is 366 g/mol. The Morgan fingerprint density at radius 2 is 1.81 bits per heavy atom. The van der Waals surface area contributed by atoms with Gasteiger partial charge in [0.1, 0.15) is 24.0 Å². The van der Waals surface area contributed by atoms with E-state index in [-0.39, 0.29) is 6.10 Å². The predicted molar refractivity (Wildman–Crippen MR) is 104 cm³/mol. The van der Waals surface area contributed by atoms with E-state index < -0.39 is 0 Å². The number of carbonyl (C=O) groups excluding carboxylic acids is 1. The summed E-state index contributed by atoms with van der Waals surface area (Å²) in [5.74, 6) is 1.84. The van der Waals surface area contributed by atoms with Crippen LogP contribution in [0.1, 0.15) is 23.2 Å². The molecule has 26 heavy (non-hydrogen) atoms. The fraction of sp³-hybridized carbons (Fsp3) is 0.238. The van der Waals surface area contributed by atoms with Crippen molar-refractivity contribution in [2.24, 2.45) is 0 Å². The smallest absolute Gasteiger partial charge is 0.150 e. The topological polar surface area (TPSA) is 42.4 Å². The Morgan fingerprint density at radius 1 is 1.04 bits per heavy atom. The van der Waals surface area contributed by atoms with Gasteiger partial charge in [-0.25, -0.2) is 4.98 Å². The maximum absolute atomic E-state index is 10.9. The van der Waals surface area contributed by atoms with Gasteiger partial charge in [0.05, 0.1) is 5.52 Å². The molecule has 0 N–H and O–H groups in total. The van der Waals surface area contributed by atoms with Crippen LogP contribution in [0.2, 0.25) is 5.02 Å². The Kier molecular flexibility index (Phi) is 4.76. The molecule has 0 saturated carbocycles. The molecule has 4 rings (SSSR count). The molecule has 0 radical (unpaired) electrons. The molecule has 1 aliphatic rings. The molecular weight excluding hydrogens is 348 g/mol. The number of pyridine rings is 1. The number of benzene rings is 2. The molecular formula is C21H19ClN2O2. The Balaban J connectivity index is 1.41. The third-order valence-electron chi connectivity index (χ3n) is 4.72. The zero-order valence-corrected chi connectivity index (χ0v) is 15.0. The van der Waals surface area contributed by atoms with Crippen LogP contribution < -0.4 is 9.64 Å². The van der Waals surface area contributed by atoms with Gasteiger partial charge in [-0.3, -0.25) is 4.79 Å². The number of hydrogen-bond donors (Lipinski definition) is 0. The lowest BCUT2D eigenvalue weighted by molar-refractivity contribution is 0.112. The zero-order chi connectivity index (χ0) is 17.9. The van der Waals surface area contributed by atoms with E-state index in [2.05, 4.69) is 4.90 Å². The van der Waals surface area contributed by atoms with Crippen LogP contribution >= 0.6 is 11.6 Å². The van der Waals surface area contributed by atoms with E-state index in [1.807, 2.05) is 48.5 Å². The van der Waals surface area contributed by atoms with Crippen LogP contribution in [0.5, 0.6) is 5.75 Å². The van der Waals surface area contributed by atoms with Gasteiger partial charge in [0, 0.05) is 41.9 Å². The summed E-state index contributed by atoms with van der Waals surface area (Å²) in [5, 5.41) is 1.70. The number of nitrogens with zero attached hydrogens (tertiary/aromatic N) is 2. The Labute approximate surface area is 157 Å². The number of ether oxygens (including phenoxy) is 1. The molecule has 2 heterocycles.